The third-order valence-electron chi connectivity index (χ3n) is 2.55. The van der Waals surface area contributed by atoms with Crippen molar-refractivity contribution in [1.82, 2.24) is 5.32 Å². The minimum Gasteiger partial charge on any atom is -0.390 e. The van der Waals surface area contributed by atoms with Crippen molar-refractivity contribution in [1.29, 1.82) is 0 Å². The maximum atomic E-state index is 11.0. The summed E-state index contributed by atoms with van der Waals surface area (Å²) in [6.45, 7) is 1.35. The highest BCUT2D eigenvalue weighted by atomic mass is 16.5. The minimum absolute atomic E-state index is 0.0602. The summed E-state index contributed by atoms with van der Waals surface area (Å²) in [5, 5.41) is 3.17. The fraction of sp³-hybridized carbons (Fsp3) is 0.364. The van der Waals surface area contributed by atoms with Crippen LogP contribution in [-0.2, 0) is 9.53 Å². The van der Waals surface area contributed by atoms with Gasteiger partial charge < -0.3 is 15.8 Å². The number of nitrogens with two attached hydrogens (primary N) is 1. The largest absolute Gasteiger partial charge is 0.390 e. The molecule has 0 fully saturated rings. The van der Waals surface area contributed by atoms with Crippen LogP contribution in [0.5, 0.6) is 0 Å². The number of hydrogen-bond donors (Lipinski definition) is 2. The molecule has 2 unspecified atom stereocenters. The van der Waals surface area contributed by atoms with Gasteiger partial charge in [-0.25, -0.2) is 0 Å². The quantitative estimate of drug-likeness (QED) is 0.639. The molecule has 0 saturated carbocycles. The molecule has 1 aliphatic heterocycles. The van der Waals surface area contributed by atoms with Crippen LogP contribution in [0.25, 0.3) is 0 Å². The zero-order valence-corrected chi connectivity index (χ0v) is 8.35. The maximum Gasteiger partial charge on any atom is 0.248 e. The SMILES string of the molecule is NC(=O)C1=CC2OC/C=C\NCC2C=C1. The number of ether oxygens (including phenoxy) is 1. The average Bonchev–Trinajstić information content (AvgIpc) is 2.18. The molecule has 0 radical (unpaired) electrons. The molecule has 0 saturated heterocycles. The van der Waals surface area contributed by atoms with Crippen molar-refractivity contribution in [3.05, 3.63) is 36.1 Å². The van der Waals surface area contributed by atoms with Gasteiger partial charge in [-0.05, 0) is 18.4 Å². The Labute approximate surface area is 88.5 Å². The first-order valence-electron chi connectivity index (χ1n) is 4.97. The first kappa shape index (κ1) is 9.98. The van der Waals surface area contributed by atoms with Gasteiger partial charge in [-0.3, -0.25) is 4.79 Å². The van der Waals surface area contributed by atoms with Crippen LogP contribution in [0.15, 0.2) is 36.1 Å². The van der Waals surface area contributed by atoms with Gasteiger partial charge in [0, 0.05) is 18.0 Å². The fourth-order valence-corrected chi connectivity index (χ4v) is 1.72. The molecule has 1 aliphatic carbocycles. The number of primary amides is 1. The van der Waals surface area contributed by atoms with Gasteiger partial charge in [-0.15, -0.1) is 0 Å². The molecule has 0 aromatic rings. The Bertz CT molecular complexity index is 344. The van der Waals surface area contributed by atoms with Crippen LogP contribution in [0.1, 0.15) is 0 Å². The Morgan fingerprint density at radius 2 is 2.47 bits per heavy atom. The molecule has 15 heavy (non-hydrogen) atoms. The summed E-state index contributed by atoms with van der Waals surface area (Å²) >= 11 is 0. The predicted octanol–water partition coefficient (Wildman–Crippen LogP) is 0.0862. The van der Waals surface area contributed by atoms with Gasteiger partial charge in [-0.2, -0.15) is 0 Å². The molecule has 80 valence electrons. The summed E-state index contributed by atoms with van der Waals surface area (Å²) < 4.78 is 5.61. The van der Waals surface area contributed by atoms with E-state index < -0.39 is 5.91 Å². The van der Waals surface area contributed by atoms with Crippen LogP contribution in [0, 0.1) is 5.92 Å². The lowest BCUT2D eigenvalue weighted by Crippen LogP contribution is -2.33. The van der Waals surface area contributed by atoms with Gasteiger partial charge in [0.2, 0.25) is 5.91 Å². The van der Waals surface area contributed by atoms with Crippen molar-refractivity contribution < 1.29 is 9.53 Å². The highest BCUT2D eigenvalue weighted by Gasteiger charge is 2.23. The number of nitrogens with one attached hydrogen (secondary N) is 1. The van der Waals surface area contributed by atoms with Crippen LogP contribution < -0.4 is 11.1 Å². The number of fused-ring (bicyclic) bond motifs is 1. The van der Waals surface area contributed by atoms with E-state index in [1.54, 1.807) is 12.2 Å². The summed E-state index contributed by atoms with van der Waals surface area (Å²) in [6.07, 6.45) is 9.27. The van der Waals surface area contributed by atoms with Crippen LogP contribution >= 0.6 is 0 Å². The first-order chi connectivity index (χ1) is 7.27. The topological polar surface area (TPSA) is 64.4 Å². The predicted molar refractivity (Wildman–Crippen MR) is 56.8 cm³/mol. The summed E-state index contributed by atoms with van der Waals surface area (Å²) in [4.78, 5) is 11.0. The Morgan fingerprint density at radius 3 is 3.27 bits per heavy atom. The van der Waals surface area contributed by atoms with Crippen molar-refractivity contribution in [2.45, 2.75) is 6.10 Å². The van der Waals surface area contributed by atoms with E-state index in [1.165, 1.54) is 0 Å². The van der Waals surface area contributed by atoms with Gasteiger partial charge in [0.05, 0.1) is 12.7 Å². The number of amides is 1. The molecule has 3 N–H and O–H groups in total. The molecule has 2 aliphatic rings. The molecule has 0 spiro atoms. The Kier molecular flexibility index (Phi) is 2.87. The van der Waals surface area contributed by atoms with E-state index >= 15 is 0 Å². The number of carbonyl (C=O) groups excluding carboxylic acids is 1. The lowest BCUT2D eigenvalue weighted by Gasteiger charge is -2.26. The molecular formula is C11H14N2O2. The summed E-state index contributed by atoms with van der Waals surface area (Å²) in [7, 11) is 0. The lowest BCUT2D eigenvalue weighted by molar-refractivity contribution is -0.114. The molecule has 1 heterocycles. The lowest BCUT2D eigenvalue weighted by atomic mass is 9.93. The smallest absolute Gasteiger partial charge is 0.248 e. The van der Waals surface area contributed by atoms with Crippen LogP contribution in [0.2, 0.25) is 0 Å². The van der Waals surface area contributed by atoms with Gasteiger partial charge in [0.15, 0.2) is 0 Å². The van der Waals surface area contributed by atoms with Crippen molar-refractivity contribution in [3.8, 4) is 0 Å². The van der Waals surface area contributed by atoms with E-state index in [9.17, 15) is 4.79 Å². The summed E-state index contributed by atoms with van der Waals surface area (Å²) in [6, 6.07) is 0. The first-order valence-corrected chi connectivity index (χ1v) is 4.97. The van der Waals surface area contributed by atoms with E-state index in [-0.39, 0.29) is 12.0 Å². The third kappa shape index (κ3) is 2.27. The molecule has 2 rings (SSSR count). The van der Waals surface area contributed by atoms with Gasteiger partial charge >= 0.3 is 0 Å². The molecule has 1 amide bonds. The highest BCUT2D eigenvalue weighted by molar-refractivity contribution is 5.95. The third-order valence-corrected chi connectivity index (χ3v) is 2.55. The van der Waals surface area contributed by atoms with E-state index in [0.717, 1.165) is 6.54 Å². The normalized spacial score (nSPS) is 31.6. The number of carbonyl (C=O) groups is 1. The Morgan fingerprint density at radius 1 is 1.60 bits per heavy atom. The Balaban J connectivity index is 2.15. The van der Waals surface area contributed by atoms with Crippen LogP contribution in [-0.4, -0.2) is 25.2 Å². The van der Waals surface area contributed by atoms with E-state index in [1.807, 2.05) is 18.4 Å². The molecule has 0 aromatic heterocycles. The van der Waals surface area contributed by atoms with Gasteiger partial charge in [0.25, 0.3) is 0 Å². The molecule has 2 atom stereocenters. The fourth-order valence-electron chi connectivity index (χ4n) is 1.72. The van der Waals surface area contributed by atoms with Crippen molar-refractivity contribution >= 4 is 5.91 Å². The van der Waals surface area contributed by atoms with Crippen LogP contribution in [0.4, 0.5) is 0 Å². The molecule has 0 bridgehead atoms. The standard InChI is InChI=1S/C11H14N2O2/c12-11(14)8-2-3-9-7-13-4-1-5-15-10(9)6-8/h1-4,6,9-10,13H,5,7H2,(H2,12,14)/b4-1-. The number of rotatable bonds is 1. The molecule has 0 aromatic carbocycles. The van der Waals surface area contributed by atoms with E-state index in [2.05, 4.69) is 5.32 Å². The summed E-state index contributed by atoms with van der Waals surface area (Å²) in [5.74, 6) is -0.142. The minimum atomic E-state index is -0.404. The van der Waals surface area contributed by atoms with Crippen LogP contribution in [0.3, 0.4) is 0 Å². The maximum absolute atomic E-state index is 11.0. The van der Waals surface area contributed by atoms with E-state index in [0.29, 0.717) is 12.2 Å². The second-order valence-corrected chi connectivity index (χ2v) is 3.62. The average molecular weight is 206 g/mol. The van der Waals surface area contributed by atoms with Gasteiger partial charge in [-0.1, -0.05) is 12.2 Å². The monoisotopic (exact) mass is 206 g/mol. The Hall–Kier alpha value is -1.55. The zero-order chi connectivity index (χ0) is 10.7. The highest BCUT2D eigenvalue weighted by Crippen LogP contribution is 2.20. The van der Waals surface area contributed by atoms with Crippen molar-refractivity contribution in [2.24, 2.45) is 11.7 Å². The van der Waals surface area contributed by atoms with Crippen molar-refractivity contribution in [2.75, 3.05) is 13.2 Å². The number of hydrogen-bond acceptors (Lipinski definition) is 3. The van der Waals surface area contributed by atoms with Crippen molar-refractivity contribution in [3.63, 3.8) is 0 Å². The second-order valence-electron chi connectivity index (χ2n) is 3.62. The molecule has 4 heteroatoms. The van der Waals surface area contributed by atoms with Gasteiger partial charge in [0.1, 0.15) is 0 Å². The second kappa shape index (κ2) is 4.31. The summed E-state index contributed by atoms with van der Waals surface area (Å²) in [5.41, 5.74) is 5.74. The molecule has 4 nitrogen and oxygen atoms in total. The van der Waals surface area contributed by atoms with E-state index in [4.69, 9.17) is 10.5 Å². The zero-order valence-electron chi connectivity index (χ0n) is 8.35. The molecular weight excluding hydrogens is 192 g/mol.